The van der Waals surface area contributed by atoms with Crippen LogP contribution in [0.25, 0.3) is 0 Å². The molecule has 70 valence electrons. The maximum Gasteiger partial charge on any atom is 0.404 e. The van der Waals surface area contributed by atoms with Crippen molar-refractivity contribution in [2.45, 2.75) is 13.5 Å². The predicted octanol–water partition coefficient (Wildman–Crippen LogP) is 1.90. The number of benzene rings is 1. The van der Waals surface area contributed by atoms with Crippen LogP contribution in [-0.2, 0) is 6.54 Å². The summed E-state index contributed by atoms with van der Waals surface area (Å²) in [4.78, 5) is 10.1. The Bertz CT molecular complexity index is 325. The standard InChI is InChI=1S/C9H10FNO2/c1-6-4-7(2-3-8(6)10)5-11-9(12)13/h2-4,11H,5H2,1H3,(H,12,13). The summed E-state index contributed by atoms with van der Waals surface area (Å²) in [6, 6.07) is 4.50. The molecule has 0 saturated heterocycles. The van der Waals surface area contributed by atoms with E-state index >= 15 is 0 Å². The van der Waals surface area contributed by atoms with Crippen molar-refractivity contribution in [1.29, 1.82) is 0 Å². The van der Waals surface area contributed by atoms with Gasteiger partial charge >= 0.3 is 6.09 Å². The van der Waals surface area contributed by atoms with Crippen molar-refractivity contribution in [2.24, 2.45) is 0 Å². The van der Waals surface area contributed by atoms with E-state index in [1.807, 2.05) is 0 Å². The van der Waals surface area contributed by atoms with Crippen molar-refractivity contribution < 1.29 is 14.3 Å². The highest BCUT2D eigenvalue weighted by atomic mass is 19.1. The zero-order valence-corrected chi connectivity index (χ0v) is 7.17. The molecule has 0 spiro atoms. The van der Waals surface area contributed by atoms with Crippen molar-refractivity contribution in [3.05, 3.63) is 35.1 Å². The van der Waals surface area contributed by atoms with Gasteiger partial charge in [0.2, 0.25) is 0 Å². The lowest BCUT2D eigenvalue weighted by molar-refractivity contribution is 0.194. The quantitative estimate of drug-likeness (QED) is 0.735. The van der Waals surface area contributed by atoms with Gasteiger partial charge in [-0.3, -0.25) is 0 Å². The summed E-state index contributed by atoms with van der Waals surface area (Å²) in [5, 5.41) is 10.5. The summed E-state index contributed by atoms with van der Waals surface area (Å²) in [6.07, 6.45) is -1.08. The smallest absolute Gasteiger partial charge is 0.404 e. The highest BCUT2D eigenvalue weighted by Crippen LogP contribution is 2.08. The lowest BCUT2D eigenvalue weighted by Crippen LogP contribution is -2.19. The van der Waals surface area contributed by atoms with Crippen molar-refractivity contribution in [3.8, 4) is 0 Å². The number of hydrogen-bond donors (Lipinski definition) is 2. The van der Waals surface area contributed by atoms with Crippen LogP contribution in [0.4, 0.5) is 9.18 Å². The number of carboxylic acid groups (broad SMARTS) is 1. The van der Waals surface area contributed by atoms with Gasteiger partial charge in [-0.15, -0.1) is 0 Å². The molecule has 0 atom stereocenters. The van der Waals surface area contributed by atoms with E-state index in [-0.39, 0.29) is 12.4 Å². The zero-order valence-electron chi connectivity index (χ0n) is 7.17. The SMILES string of the molecule is Cc1cc(CNC(=O)O)ccc1F. The first-order valence-corrected chi connectivity index (χ1v) is 3.81. The van der Waals surface area contributed by atoms with Crippen molar-refractivity contribution >= 4 is 6.09 Å². The second kappa shape index (κ2) is 3.89. The number of hydrogen-bond acceptors (Lipinski definition) is 1. The highest BCUT2D eigenvalue weighted by molar-refractivity contribution is 5.64. The Balaban J connectivity index is 2.68. The van der Waals surface area contributed by atoms with Gasteiger partial charge in [-0.25, -0.2) is 9.18 Å². The summed E-state index contributed by atoms with van der Waals surface area (Å²) in [5.41, 5.74) is 1.27. The van der Waals surface area contributed by atoms with Gasteiger partial charge in [-0.2, -0.15) is 0 Å². The second-order valence-electron chi connectivity index (χ2n) is 2.74. The Morgan fingerprint density at radius 1 is 1.62 bits per heavy atom. The fraction of sp³-hybridized carbons (Fsp3) is 0.222. The van der Waals surface area contributed by atoms with E-state index in [1.165, 1.54) is 6.07 Å². The second-order valence-corrected chi connectivity index (χ2v) is 2.74. The summed E-state index contributed by atoms with van der Waals surface area (Å²) in [6.45, 7) is 1.84. The lowest BCUT2D eigenvalue weighted by atomic mass is 10.1. The molecule has 1 aromatic rings. The first kappa shape index (κ1) is 9.51. The number of nitrogens with one attached hydrogen (secondary N) is 1. The molecule has 0 saturated carbocycles. The molecule has 0 aromatic heterocycles. The topological polar surface area (TPSA) is 49.3 Å². The minimum atomic E-state index is -1.08. The van der Waals surface area contributed by atoms with Crippen LogP contribution in [-0.4, -0.2) is 11.2 Å². The van der Waals surface area contributed by atoms with Gasteiger partial charge in [-0.05, 0) is 24.1 Å². The van der Waals surface area contributed by atoms with Gasteiger partial charge in [0.15, 0.2) is 0 Å². The molecule has 0 heterocycles. The minimum Gasteiger partial charge on any atom is -0.465 e. The van der Waals surface area contributed by atoms with E-state index < -0.39 is 6.09 Å². The van der Waals surface area contributed by atoms with Crippen molar-refractivity contribution in [1.82, 2.24) is 5.32 Å². The molecule has 0 radical (unpaired) electrons. The third kappa shape index (κ3) is 2.74. The lowest BCUT2D eigenvalue weighted by Gasteiger charge is -2.02. The molecule has 0 unspecified atom stereocenters. The van der Waals surface area contributed by atoms with E-state index in [4.69, 9.17) is 5.11 Å². The molecule has 13 heavy (non-hydrogen) atoms. The average Bonchev–Trinajstić information content (AvgIpc) is 2.07. The Hall–Kier alpha value is -1.58. The first-order chi connectivity index (χ1) is 6.09. The van der Waals surface area contributed by atoms with E-state index in [1.54, 1.807) is 19.1 Å². The van der Waals surface area contributed by atoms with Gasteiger partial charge in [0.1, 0.15) is 5.82 Å². The fourth-order valence-electron chi connectivity index (χ4n) is 0.994. The van der Waals surface area contributed by atoms with Gasteiger partial charge in [0.25, 0.3) is 0 Å². The van der Waals surface area contributed by atoms with Crippen LogP contribution in [0.3, 0.4) is 0 Å². The van der Waals surface area contributed by atoms with E-state index in [2.05, 4.69) is 5.32 Å². The van der Waals surface area contributed by atoms with Crippen LogP contribution in [0, 0.1) is 12.7 Å². The largest absolute Gasteiger partial charge is 0.465 e. The van der Waals surface area contributed by atoms with Crippen LogP contribution in [0.2, 0.25) is 0 Å². The maximum absolute atomic E-state index is 12.8. The molecule has 2 N–H and O–H groups in total. The summed E-state index contributed by atoms with van der Waals surface area (Å²) < 4.78 is 12.8. The number of aryl methyl sites for hydroxylation is 1. The zero-order chi connectivity index (χ0) is 9.84. The van der Waals surface area contributed by atoms with E-state index in [0.29, 0.717) is 5.56 Å². The van der Waals surface area contributed by atoms with Crippen molar-refractivity contribution in [3.63, 3.8) is 0 Å². The first-order valence-electron chi connectivity index (χ1n) is 3.81. The third-order valence-corrected chi connectivity index (χ3v) is 1.67. The molecule has 3 nitrogen and oxygen atoms in total. The van der Waals surface area contributed by atoms with Gasteiger partial charge in [-0.1, -0.05) is 12.1 Å². The Kier molecular flexibility index (Phi) is 2.84. The van der Waals surface area contributed by atoms with Gasteiger partial charge in [0, 0.05) is 6.54 Å². The molecule has 1 aromatic carbocycles. The molecular weight excluding hydrogens is 173 g/mol. The molecule has 0 bridgehead atoms. The fourth-order valence-corrected chi connectivity index (χ4v) is 0.994. The Morgan fingerprint density at radius 3 is 2.85 bits per heavy atom. The summed E-state index contributed by atoms with van der Waals surface area (Å²) in [7, 11) is 0. The van der Waals surface area contributed by atoms with Crippen LogP contribution >= 0.6 is 0 Å². The molecule has 0 aliphatic rings. The number of amides is 1. The normalized spacial score (nSPS) is 9.69. The van der Waals surface area contributed by atoms with Crippen LogP contribution in [0.5, 0.6) is 0 Å². The number of carbonyl (C=O) groups is 1. The van der Waals surface area contributed by atoms with Crippen molar-refractivity contribution in [2.75, 3.05) is 0 Å². The molecule has 0 fully saturated rings. The summed E-state index contributed by atoms with van der Waals surface area (Å²) >= 11 is 0. The van der Waals surface area contributed by atoms with Gasteiger partial charge in [0.05, 0.1) is 0 Å². The van der Waals surface area contributed by atoms with Crippen LogP contribution in [0.15, 0.2) is 18.2 Å². The molecule has 1 amide bonds. The van der Waals surface area contributed by atoms with E-state index in [9.17, 15) is 9.18 Å². The van der Waals surface area contributed by atoms with E-state index in [0.717, 1.165) is 5.56 Å². The maximum atomic E-state index is 12.8. The highest BCUT2D eigenvalue weighted by Gasteiger charge is 2.00. The molecule has 1 rings (SSSR count). The number of halogens is 1. The molecule has 0 aliphatic heterocycles. The molecular formula is C9H10FNO2. The Morgan fingerprint density at radius 2 is 2.31 bits per heavy atom. The van der Waals surface area contributed by atoms with Crippen LogP contribution in [0.1, 0.15) is 11.1 Å². The summed E-state index contributed by atoms with van der Waals surface area (Å²) in [5.74, 6) is -0.279. The molecule has 0 aliphatic carbocycles. The number of rotatable bonds is 2. The third-order valence-electron chi connectivity index (χ3n) is 1.67. The Labute approximate surface area is 75.2 Å². The van der Waals surface area contributed by atoms with Crippen LogP contribution < -0.4 is 5.32 Å². The predicted molar refractivity (Wildman–Crippen MR) is 46.0 cm³/mol. The molecule has 4 heteroatoms. The monoisotopic (exact) mass is 183 g/mol. The van der Waals surface area contributed by atoms with Gasteiger partial charge < -0.3 is 10.4 Å². The average molecular weight is 183 g/mol. The minimum absolute atomic E-state index is 0.205.